The Balaban J connectivity index is 1.11. The quantitative estimate of drug-likeness (QED) is 0.224. The highest BCUT2D eigenvalue weighted by Gasteiger charge is 2.52. The van der Waals surface area contributed by atoms with Crippen molar-refractivity contribution in [3.05, 3.63) is 64.4 Å². The van der Waals surface area contributed by atoms with Crippen LogP contribution in [0.3, 0.4) is 0 Å². The van der Waals surface area contributed by atoms with Crippen molar-refractivity contribution < 1.29 is 37.1 Å². The van der Waals surface area contributed by atoms with Gasteiger partial charge in [0.05, 0.1) is 33.0 Å². The van der Waals surface area contributed by atoms with Crippen molar-refractivity contribution in [2.75, 3.05) is 0 Å². The number of thiazole rings is 1. The largest absolute Gasteiger partial charge is 0.573 e. The van der Waals surface area contributed by atoms with Crippen LogP contribution < -0.4 is 4.74 Å². The minimum Gasteiger partial charge on any atom is -0.478 e. The van der Waals surface area contributed by atoms with E-state index in [0.29, 0.717) is 17.0 Å². The van der Waals surface area contributed by atoms with Gasteiger partial charge in [0.15, 0.2) is 0 Å². The number of rotatable bonds is 8. The summed E-state index contributed by atoms with van der Waals surface area (Å²) in [6.07, 6.45) is 2.33. The molecule has 4 aliphatic rings. The molecule has 4 fully saturated rings. The second-order valence-corrected chi connectivity index (χ2v) is 12.5. The van der Waals surface area contributed by atoms with Crippen LogP contribution in [0.15, 0.2) is 47.0 Å². The van der Waals surface area contributed by atoms with Crippen molar-refractivity contribution in [1.82, 2.24) is 10.1 Å². The van der Waals surface area contributed by atoms with Gasteiger partial charge in [-0.25, -0.2) is 9.78 Å². The lowest BCUT2D eigenvalue weighted by Gasteiger charge is -2.52. The van der Waals surface area contributed by atoms with Crippen molar-refractivity contribution in [1.29, 1.82) is 0 Å². The third-order valence-electron chi connectivity index (χ3n) is 8.92. The minimum atomic E-state index is -4.83. The van der Waals surface area contributed by atoms with Crippen LogP contribution in [0, 0.1) is 0 Å². The van der Waals surface area contributed by atoms with Crippen LogP contribution in [0.5, 0.6) is 5.75 Å². The number of aromatic carboxylic acids is 1. The first-order valence-electron chi connectivity index (χ1n) is 13.8. The van der Waals surface area contributed by atoms with Crippen LogP contribution in [0.25, 0.3) is 21.5 Å². The molecule has 1 N–H and O–H groups in total. The van der Waals surface area contributed by atoms with Gasteiger partial charge in [-0.05, 0) is 81.7 Å². The maximum absolute atomic E-state index is 13.1. The Kier molecular flexibility index (Phi) is 6.17. The van der Waals surface area contributed by atoms with Gasteiger partial charge in [-0.15, -0.1) is 24.5 Å². The van der Waals surface area contributed by atoms with Gasteiger partial charge in [0.1, 0.15) is 17.2 Å². The van der Waals surface area contributed by atoms with Crippen molar-refractivity contribution in [3.8, 4) is 17.0 Å². The van der Waals surface area contributed by atoms with Crippen LogP contribution in [0.2, 0.25) is 0 Å². The molecule has 4 saturated carbocycles. The number of fused-ring (bicyclic) bond motifs is 4. The van der Waals surface area contributed by atoms with Gasteiger partial charge in [0, 0.05) is 22.5 Å². The minimum absolute atomic E-state index is 0.0480. The summed E-state index contributed by atoms with van der Waals surface area (Å²) in [6, 6.07) is 11.1. The number of carboxylic acid groups (broad SMARTS) is 1. The zero-order valence-corrected chi connectivity index (χ0v) is 22.8. The van der Waals surface area contributed by atoms with Crippen LogP contribution in [-0.4, -0.2) is 33.2 Å². The van der Waals surface area contributed by atoms with Crippen LogP contribution in [0.4, 0.5) is 13.2 Å². The number of alkyl halides is 3. The number of hydrogen-bond donors (Lipinski definition) is 1. The molecule has 2 aromatic carbocycles. The first-order chi connectivity index (χ1) is 19.6. The molecule has 0 radical (unpaired) electrons. The fourth-order valence-electron chi connectivity index (χ4n) is 6.41. The lowest BCUT2D eigenvalue weighted by Crippen LogP contribution is -2.49. The van der Waals surface area contributed by atoms with Crippen LogP contribution in [0.1, 0.15) is 84.0 Å². The molecule has 2 bridgehead atoms. The summed E-state index contributed by atoms with van der Waals surface area (Å²) in [4.78, 5) is 16.3. The molecule has 4 aliphatic carbocycles. The predicted molar refractivity (Wildman–Crippen MR) is 144 cm³/mol. The van der Waals surface area contributed by atoms with Crippen molar-refractivity contribution in [2.24, 2.45) is 0 Å². The van der Waals surface area contributed by atoms with Crippen molar-refractivity contribution in [3.63, 3.8) is 0 Å². The van der Waals surface area contributed by atoms with Gasteiger partial charge in [-0.1, -0.05) is 17.3 Å². The average Bonchev–Trinajstić information content (AvgIpc) is 3.56. The average molecular weight is 585 g/mol. The summed E-state index contributed by atoms with van der Waals surface area (Å²) < 4.78 is 56.9. The third-order valence-corrected chi connectivity index (χ3v) is 10.2. The number of halogens is 3. The van der Waals surface area contributed by atoms with E-state index in [4.69, 9.17) is 14.2 Å². The first-order valence-corrected chi connectivity index (χ1v) is 14.6. The molecule has 0 spiro atoms. The van der Waals surface area contributed by atoms with Gasteiger partial charge in [-0.2, -0.15) is 0 Å². The SMILES string of the molecule is O=C(O)c1ccc2nc(C34CCC(OCc5c(-c6ccccc6OC(F)(F)F)noc5C5CC5)(CC3)CC4)sc2c1. The van der Waals surface area contributed by atoms with Gasteiger partial charge in [0.2, 0.25) is 0 Å². The van der Waals surface area contributed by atoms with Gasteiger partial charge >= 0.3 is 12.3 Å². The maximum atomic E-state index is 13.1. The Morgan fingerprint density at radius 3 is 2.49 bits per heavy atom. The third kappa shape index (κ3) is 4.88. The van der Waals surface area contributed by atoms with E-state index < -0.39 is 12.3 Å². The van der Waals surface area contributed by atoms with Crippen LogP contribution in [-0.2, 0) is 16.8 Å². The van der Waals surface area contributed by atoms with Gasteiger partial charge < -0.3 is 19.1 Å². The second kappa shape index (κ2) is 9.55. The Hall–Kier alpha value is -3.44. The Bertz CT molecular complexity index is 1620. The summed E-state index contributed by atoms with van der Waals surface area (Å²) in [7, 11) is 0. The summed E-state index contributed by atoms with van der Waals surface area (Å²) >= 11 is 1.58. The number of carboxylic acids is 1. The number of hydrogen-bond acceptors (Lipinski definition) is 7. The topological polar surface area (TPSA) is 94.7 Å². The molecule has 7 nitrogen and oxygen atoms in total. The zero-order chi connectivity index (χ0) is 28.4. The van der Waals surface area contributed by atoms with E-state index in [1.54, 1.807) is 41.7 Å². The molecule has 0 saturated heterocycles. The Morgan fingerprint density at radius 2 is 1.80 bits per heavy atom. The van der Waals surface area contributed by atoms with Crippen molar-refractivity contribution >= 4 is 27.5 Å². The molecule has 8 rings (SSSR count). The fourth-order valence-corrected chi connectivity index (χ4v) is 7.69. The molecular weight excluding hydrogens is 557 g/mol. The van der Waals surface area contributed by atoms with Gasteiger partial charge in [0.25, 0.3) is 0 Å². The summed E-state index contributed by atoms with van der Waals surface area (Å²) in [6.45, 7) is 0.205. The molecule has 2 aromatic heterocycles. The lowest BCUT2D eigenvalue weighted by atomic mass is 9.59. The molecule has 0 atom stereocenters. The maximum Gasteiger partial charge on any atom is 0.573 e. The van der Waals surface area contributed by atoms with E-state index in [-0.39, 0.29) is 40.4 Å². The highest BCUT2D eigenvalue weighted by molar-refractivity contribution is 7.18. The van der Waals surface area contributed by atoms with Crippen molar-refractivity contribution in [2.45, 2.75) is 81.3 Å². The molecular formula is C30H27F3N2O5S. The fraction of sp³-hybridized carbons (Fsp3) is 0.433. The Labute approximate surface area is 237 Å². The molecule has 0 aliphatic heterocycles. The Morgan fingerprint density at radius 1 is 1.07 bits per heavy atom. The summed E-state index contributed by atoms with van der Waals surface area (Å²) in [5.74, 6) is -0.376. The van der Waals surface area contributed by atoms with E-state index in [2.05, 4.69) is 9.89 Å². The molecule has 2 heterocycles. The van der Waals surface area contributed by atoms with E-state index in [0.717, 1.165) is 66.6 Å². The first kappa shape index (κ1) is 26.5. The zero-order valence-electron chi connectivity index (χ0n) is 22.0. The number of para-hydroxylation sites is 1. The number of benzene rings is 2. The summed E-state index contributed by atoms with van der Waals surface area (Å²) in [5.41, 5.74) is 1.97. The van der Waals surface area contributed by atoms with Gasteiger partial charge in [-0.3, -0.25) is 0 Å². The molecule has 41 heavy (non-hydrogen) atoms. The van der Waals surface area contributed by atoms with Crippen LogP contribution >= 0.6 is 11.3 Å². The normalized spacial score (nSPS) is 24.2. The second-order valence-electron chi connectivity index (χ2n) is 11.5. The molecule has 0 unspecified atom stereocenters. The smallest absolute Gasteiger partial charge is 0.478 e. The predicted octanol–water partition coefficient (Wildman–Crippen LogP) is 7.99. The molecule has 214 valence electrons. The number of carbonyl (C=O) groups is 1. The monoisotopic (exact) mass is 584 g/mol. The number of ether oxygens (including phenoxy) is 2. The van der Waals surface area contributed by atoms with E-state index in [1.807, 2.05) is 0 Å². The molecule has 0 amide bonds. The lowest BCUT2D eigenvalue weighted by molar-refractivity contribution is -0.274. The van der Waals surface area contributed by atoms with E-state index in [1.165, 1.54) is 12.1 Å². The number of nitrogens with zero attached hydrogens (tertiary/aromatic N) is 2. The highest BCUT2D eigenvalue weighted by atomic mass is 32.1. The molecule has 4 aromatic rings. The highest BCUT2D eigenvalue weighted by Crippen LogP contribution is 2.56. The summed E-state index contributed by atoms with van der Waals surface area (Å²) in [5, 5.41) is 14.6. The molecule has 11 heteroatoms. The van der Waals surface area contributed by atoms with E-state index >= 15 is 0 Å². The van der Waals surface area contributed by atoms with E-state index in [9.17, 15) is 23.1 Å². The number of aromatic nitrogens is 2. The standard InChI is InChI=1S/C30H27F3N2O5S/c31-30(32,33)39-22-4-2-1-3-19(22)24-20(25(40-35-24)17-5-6-17)16-38-29-12-9-28(10-13-29,11-14-29)27-34-21-8-7-18(26(36)37)15-23(21)41-27/h1-4,7-8,15,17H,5-6,9-14,16H2,(H,36,37).